The lowest BCUT2D eigenvalue weighted by molar-refractivity contribution is -0.141. The molecule has 0 unspecified atom stereocenters. The number of nitrogens with zero attached hydrogens (tertiary/aromatic N) is 3. The molecule has 0 fully saturated rings. The summed E-state index contributed by atoms with van der Waals surface area (Å²) in [5.41, 5.74) is -1.26. The predicted molar refractivity (Wildman–Crippen MR) is 71.8 cm³/mol. The highest BCUT2D eigenvalue weighted by atomic mass is 19.4. The van der Waals surface area contributed by atoms with Crippen LogP contribution in [-0.2, 0) is 13.2 Å². The van der Waals surface area contributed by atoms with E-state index < -0.39 is 17.5 Å². The third-order valence-corrected chi connectivity index (χ3v) is 2.64. The second-order valence-corrected chi connectivity index (χ2v) is 5.64. The van der Waals surface area contributed by atoms with Crippen molar-refractivity contribution in [3.8, 4) is 17.1 Å². The highest BCUT2D eigenvalue weighted by Crippen LogP contribution is 2.36. The lowest BCUT2D eigenvalue weighted by Crippen LogP contribution is -2.24. The van der Waals surface area contributed by atoms with Gasteiger partial charge in [-0.3, -0.25) is 0 Å². The molecule has 0 bridgehead atoms. The Kier molecular flexibility index (Phi) is 3.69. The Labute approximate surface area is 120 Å². The first-order valence-electron chi connectivity index (χ1n) is 6.32. The largest absolute Gasteiger partial charge is 0.486 e. The van der Waals surface area contributed by atoms with Crippen LogP contribution in [-0.4, -0.2) is 20.1 Å². The van der Waals surface area contributed by atoms with Crippen LogP contribution in [0.3, 0.4) is 0 Å². The maximum atomic E-state index is 12.8. The van der Waals surface area contributed by atoms with Crippen molar-refractivity contribution in [2.45, 2.75) is 32.5 Å². The van der Waals surface area contributed by atoms with E-state index in [1.165, 1.54) is 6.20 Å². The molecule has 0 saturated heterocycles. The van der Waals surface area contributed by atoms with E-state index in [0.29, 0.717) is 5.82 Å². The van der Waals surface area contributed by atoms with Gasteiger partial charge in [-0.2, -0.15) is 13.2 Å². The van der Waals surface area contributed by atoms with Gasteiger partial charge in [-0.25, -0.2) is 9.97 Å². The third kappa shape index (κ3) is 3.53. The van der Waals surface area contributed by atoms with Gasteiger partial charge in [0, 0.05) is 19.4 Å². The van der Waals surface area contributed by atoms with Crippen LogP contribution < -0.4 is 4.74 Å². The first-order chi connectivity index (χ1) is 9.58. The van der Waals surface area contributed by atoms with Gasteiger partial charge >= 0.3 is 6.18 Å². The van der Waals surface area contributed by atoms with Crippen LogP contribution in [0.2, 0.25) is 0 Å². The molecule has 0 radical (unpaired) electrons. The highest BCUT2D eigenvalue weighted by molar-refractivity contribution is 5.64. The number of alkyl halides is 3. The van der Waals surface area contributed by atoms with Crippen molar-refractivity contribution < 1.29 is 17.9 Å². The average molecular weight is 299 g/mol. The van der Waals surface area contributed by atoms with Crippen LogP contribution in [0.5, 0.6) is 5.75 Å². The van der Waals surface area contributed by atoms with Gasteiger partial charge in [0.05, 0.1) is 11.8 Å². The summed E-state index contributed by atoms with van der Waals surface area (Å²) >= 11 is 0. The van der Waals surface area contributed by atoms with Crippen LogP contribution >= 0.6 is 0 Å². The molecule has 0 aliphatic carbocycles. The average Bonchev–Trinajstić information content (AvgIpc) is 2.72. The molecule has 7 heteroatoms. The summed E-state index contributed by atoms with van der Waals surface area (Å²) in [4.78, 5) is 7.53. The zero-order valence-corrected chi connectivity index (χ0v) is 12.2. The number of pyridine rings is 1. The summed E-state index contributed by atoms with van der Waals surface area (Å²) in [6.45, 7) is 5.44. The van der Waals surface area contributed by atoms with Crippen molar-refractivity contribution in [1.82, 2.24) is 14.5 Å². The van der Waals surface area contributed by atoms with Crippen LogP contribution in [0.15, 0.2) is 24.7 Å². The SMILES string of the molecule is Cn1ccnc1-c1cc(C(F)(F)F)ncc1OC(C)(C)C. The van der Waals surface area contributed by atoms with Crippen molar-refractivity contribution in [1.29, 1.82) is 0 Å². The Morgan fingerprint density at radius 3 is 2.29 bits per heavy atom. The number of rotatable bonds is 2. The van der Waals surface area contributed by atoms with Crippen LogP contribution in [0.4, 0.5) is 13.2 Å². The second kappa shape index (κ2) is 5.05. The minimum absolute atomic E-state index is 0.264. The Bertz CT molecular complexity index is 642. The van der Waals surface area contributed by atoms with Crippen molar-refractivity contribution in [2.24, 2.45) is 7.05 Å². The van der Waals surface area contributed by atoms with E-state index in [2.05, 4.69) is 9.97 Å². The fraction of sp³-hybridized carbons (Fsp3) is 0.429. The van der Waals surface area contributed by atoms with Crippen molar-refractivity contribution in [3.63, 3.8) is 0 Å². The number of aromatic nitrogens is 3. The smallest absolute Gasteiger partial charge is 0.433 e. The van der Waals surface area contributed by atoms with E-state index in [9.17, 15) is 13.2 Å². The number of hydrogen-bond donors (Lipinski definition) is 0. The minimum atomic E-state index is -4.51. The van der Waals surface area contributed by atoms with Crippen LogP contribution in [0, 0.1) is 0 Å². The topological polar surface area (TPSA) is 39.9 Å². The number of halogens is 3. The molecule has 0 aromatic carbocycles. The predicted octanol–water partition coefficient (Wildman–Crippen LogP) is 3.68. The molecule has 2 heterocycles. The lowest BCUT2D eigenvalue weighted by Gasteiger charge is -2.23. The molecule has 0 spiro atoms. The Hall–Kier alpha value is -2.05. The number of hydrogen-bond acceptors (Lipinski definition) is 3. The maximum Gasteiger partial charge on any atom is 0.433 e. The molecule has 2 aromatic rings. The monoisotopic (exact) mass is 299 g/mol. The van der Waals surface area contributed by atoms with E-state index in [4.69, 9.17) is 4.74 Å². The molecule has 21 heavy (non-hydrogen) atoms. The molecule has 114 valence electrons. The number of aryl methyl sites for hydroxylation is 1. The third-order valence-electron chi connectivity index (χ3n) is 2.64. The molecule has 0 aliphatic rings. The molecule has 0 atom stereocenters. The fourth-order valence-electron chi connectivity index (χ4n) is 1.81. The first-order valence-corrected chi connectivity index (χ1v) is 6.32. The van der Waals surface area contributed by atoms with Crippen LogP contribution in [0.25, 0.3) is 11.4 Å². The fourth-order valence-corrected chi connectivity index (χ4v) is 1.81. The summed E-state index contributed by atoms with van der Waals surface area (Å²) in [6, 6.07) is 0.962. The summed E-state index contributed by atoms with van der Waals surface area (Å²) in [5.74, 6) is 0.659. The van der Waals surface area contributed by atoms with E-state index in [1.54, 1.807) is 17.8 Å². The first kappa shape index (κ1) is 15.3. The Balaban J connectivity index is 2.59. The molecular formula is C14H16F3N3O. The molecule has 0 saturated carbocycles. The van der Waals surface area contributed by atoms with Gasteiger partial charge in [0.15, 0.2) is 0 Å². The van der Waals surface area contributed by atoms with Gasteiger partial charge < -0.3 is 9.30 Å². The van der Waals surface area contributed by atoms with Gasteiger partial charge in [0.2, 0.25) is 0 Å². The van der Waals surface area contributed by atoms with Crippen LogP contribution in [0.1, 0.15) is 26.5 Å². The Morgan fingerprint density at radius 1 is 1.14 bits per heavy atom. The van der Waals surface area contributed by atoms with Crippen molar-refractivity contribution in [2.75, 3.05) is 0 Å². The lowest BCUT2D eigenvalue weighted by atomic mass is 10.1. The van der Waals surface area contributed by atoms with E-state index >= 15 is 0 Å². The van der Waals surface area contributed by atoms with Gasteiger partial charge in [-0.1, -0.05) is 0 Å². The summed E-state index contributed by atoms with van der Waals surface area (Å²) < 4.78 is 45.9. The molecule has 0 amide bonds. The quantitative estimate of drug-likeness (QED) is 0.849. The standard InChI is InChI=1S/C14H16F3N3O/c1-13(2,3)21-10-8-19-11(14(15,16)17)7-9(10)12-18-5-6-20(12)4/h5-8H,1-4H3. The molecule has 2 aromatic heterocycles. The van der Waals surface area contributed by atoms with Crippen molar-refractivity contribution >= 4 is 0 Å². The summed E-state index contributed by atoms with van der Waals surface area (Å²) in [5, 5.41) is 0. The summed E-state index contributed by atoms with van der Waals surface area (Å²) in [7, 11) is 1.71. The molecule has 2 rings (SSSR count). The molecule has 4 nitrogen and oxygen atoms in total. The normalized spacial score (nSPS) is 12.5. The van der Waals surface area contributed by atoms with E-state index in [0.717, 1.165) is 12.3 Å². The molecule has 0 N–H and O–H groups in total. The second-order valence-electron chi connectivity index (χ2n) is 5.64. The van der Waals surface area contributed by atoms with Gasteiger partial charge in [-0.05, 0) is 26.8 Å². The van der Waals surface area contributed by atoms with Gasteiger partial charge in [0.25, 0.3) is 0 Å². The van der Waals surface area contributed by atoms with E-state index in [1.807, 2.05) is 20.8 Å². The highest BCUT2D eigenvalue weighted by Gasteiger charge is 2.34. The molecule has 0 aliphatic heterocycles. The minimum Gasteiger partial charge on any atom is -0.486 e. The number of ether oxygens (including phenoxy) is 1. The number of imidazole rings is 1. The van der Waals surface area contributed by atoms with Crippen molar-refractivity contribution in [3.05, 3.63) is 30.4 Å². The zero-order valence-electron chi connectivity index (χ0n) is 12.2. The van der Waals surface area contributed by atoms with E-state index in [-0.39, 0.29) is 11.3 Å². The maximum absolute atomic E-state index is 12.8. The van der Waals surface area contributed by atoms with Gasteiger partial charge in [0.1, 0.15) is 22.9 Å². The zero-order chi connectivity index (χ0) is 15.8. The summed E-state index contributed by atoms with van der Waals surface area (Å²) in [6.07, 6.45) is -0.244. The molecular weight excluding hydrogens is 283 g/mol. The van der Waals surface area contributed by atoms with Gasteiger partial charge in [-0.15, -0.1) is 0 Å². The Morgan fingerprint density at radius 2 is 1.81 bits per heavy atom.